The SMILES string of the molecule is CCCCCCCC/C=C\CCCCCCCC(=O)OC[C@H](COP(=O)(O)OC[C@H]1O[C@@H](n2cnc3c(N)ncnc32)[C@H](O)[C@@H]1O)OC(=O)CCCCCCC/C=C\CCCCCCCC. The second-order valence-electron chi connectivity index (χ2n) is 17.7. The smallest absolute Gasteiger partial charge is 0.462 e. The molecule has 1 fully saturated rings. The van der Waals surface area contributed by atoms with Crippen molar-refractivity contribution in [3.63, 3.8) is 0 Å². The number of allylic oxidation sites excluding steroid dienone is 4. The number of fused-ring (bicyclic) bond motifs is 1. The number of imidazole rings is 1. The molecule has 0 bridgehead atoms. The molecule has 376 valence electrons. The minimum atomic E-state index is -4.83. The van der Waals surface area contributed by atoms with E-state index in [4.69, 9.17) is 29.0 Å². The number of carbonyl (C=O) groups excluding carboxylic acids is 2. The summed E-state index contributed by atoms with van der Waals surface area (Å²) in [7, 11) is -4.83. The maximum atomic E-state index is 13.0. The van der Waals surface area contributed by atoms with Crippen molar-refractivity contribution in [2.24, 2.45) is 0 Å². The molecule has 1 aliphatic heterocycles. The molecule has 0 aromatic carbocycles. The molecule has 1 saturated heterocycles. The molecular weight excluding hydrogens is 866 g/mol. The predicted octanol–water partition coefficient (Wildman–Crippen LogP) is 10.7. The van der Waals surface area contributed by atoms with Crippen molar-refractivity contribution in [3.8, 4) is 0 Å². The lowest BCUT2D eigenvalue weighted by Gasteiger charge is -2.21. The summed E-state index contributed by atoms with van der Waals surface area (Å²) in [6.07, 6.45) is 34.9. The van der Waals surface area contributed by atoms with Crippen LogP contribution in [0.3, 0.4) is 0 Å². The van der Waals surface area contributed by atoms with Crippen molar-refractivity contribution >= 4 is 36.7 Å². The monoisotopic (exact) mass is 950 g/mol. The zero-order valence-corrected chi connectivity index (χ0v) is 41.1. The topological polar surface area (TPSA) is 228 Å². The lowest BCUT2D eigenvalue weighted by atomic mass is 10.1. The van der Waals surface area contributed by atoms with Gasteiger partial charge < -0.3 is 35.1 Å². The molecule has 0 radical (unpaired) electrons. The van der Waals surface area contributed by atoms with Gasteiger partial charge in [0.2, 0.25) is 0 Å². The fourth-order valence-electron chi connectivity index (χ4n) is 7.83. The van der Waals surface area contributed by atoms with E-state index in [1.54, 1.807) is 0 Å². The second-order valence-corrected chi connectivity index (χ2v) is 19.1. The number of aliphatic hydroxyl groups excluding tert-OH is 2. The zero-order chi connectivity index (χ0) is 47.7. The minimum Gasteiger partial charge on any atom is -0.462 e. The molecule has 2 aromatic rings. The average Bonchev–Trinajstić information content (AvgIpc) is 3.86. The van der Waals surface area contributed by atoms with Gasteiger partial charge >= 0.3 is 19.8 Å². The molecule has 1 aliphatic rings. The van der Waals surface area contributed by atoms with Gasteiger partial charge in [0.25, 0.3) is 0 Å². The van der Waals surface area contributed by atoms with Crippen molar-refractivity contribution in [3.05, 3.63) is 37.0 Å². The van der Waals surface area contributed by atoms with Crippen molar-refractivity contribution in [2.75, 3.05) is 25.6 Å². The number of esters is 2. The number of carbonyl (C=O) groups is 2. The highest BCUT2D eigenvalue weighted by Crippen LogP contribution is 2.45. The molecule has 3 heterocycles. The number of unbranched alkanes of at least 4 members (excludes halogenated alkanes) is 22. The maximum Gasteiger partial charge on any atom is 0.472 e. The molecule has 0 spiro atoms. The summed E-state index contributed by atoms with van der Waals surface area (Å²) in [6, 6.07) is 0. The third-order valence-electron chi connectivity index (χ3n) is 11.8. The first kappa shape index (κ1) is 57.1. The molecular formula is C49H84N5O11P. The van der Waals surface area contributed by atoms with Gasteiger partial charge in [-0.25, -0.2) is 19.5 Å². The van der Waals surface area contributed by atoms with Gasteiger partial charge in [-0.05, 0) is 64.2 Å². The Morgan fingerprint density at radius 3 is 1.74 bits per heavy atom. The second kappa shape index (κ2) is 35.0. The number of phosphoric ester groups is 1. The standard InChI is InChI=1S/C49H84N5O11P/c1-3-5-7-9-11-13-15-17-19-21-23-25-27-29-31-33-42(55)61-35-40(64-43(56)34-32-30-28-26-24-22-20-18-16-14-12-10-8-6-4-2)36-62-66(59,60)63-37-41-45(57)46(58)49(65-41)54-39-53-44-47(50)51-38-52-48(44)54/h17-20,38-41,45-46,49,57-58H,3-16,21-37H2,1-2H3,(H,59,60)(H2,50,51,52)/b19-17-,20-18-/t40-,41-,45-,46-,49-/m1/s1. The Bertz CT molecular complexity index is 1710. The third-order valence-corrected chi connectivity index (χ3v) is 12.8. The molecule has 17 heteroatoms. The van der Waals surface area contributed by atoms with Crippen molar-refractivity contribution in [1.29, 1.82) is 0 Å². The molecule has 6 atom stereocenters. The van der Waals surface area contributed by atoms with Crippen LogP contribution in [0.5, 0.6) is 0 Å². The lowest BCUT2D eigenvalue weighted by Crippen LogP contribution is -2.34. The number of aliphatic hydroxyl groups is 2. The number of aromatic nitrogens is 4. The first-order chi connectivity index (χ1) is 32.1. The molecule has 3 rings (SSSR count). The fraction of sp³-hybridized carbons (Fsp3) is 0.776. The quantitative estimate of drug-likeness (QED) is 0.0211. The van der Waals surface area contributed by atoms with Gasteiger partial charge in [-0.3, -0.25) is 23.2 Å². The van der Waals surface area contributed by atoms with Gasteiger partial charge in [0.15, 0.2) is 23.8 Å². The third kappa shape index (κ3) is 24.2. The van der Waals surface area contributed by atoms with Crippen LogP contribution in [0.1, 0.15) is 200 Å². The molecule has 2 aromatic heterocycles. The van der Waals surface area contributed by atoms with Crippen molar-refractivity contribution in [1.82, 2.24) is 19.5 Å². The summed E-state index contributed by atoms with van der Waals surface area (Å²) < 4.78 is 41.6. The summed E-state index contributed by atoms with van der Waals surface area (Å²) in [5, 5.41) is 21.5. The highest BCUT2D eigenvalue weighted by molar-refractivity contribution is 7.47. The minimum absolute atomic E-state index is 0.116. The first-order valence-corrected chi connectivity index (χ1v) is 26.8. The number of hydrogen-bond donors (Lipinski definition) is 4. The number of rotatable bonds is 40. The first-order valence-electron chi connectivity index (χ1n) is 25.3. The molecule has 0 amide bonds. The molecule has 1 unspecified atom stereocenters. The molecule has 66 heavy (non-hydrogen) atoms. The Kier molecular flexibility index (Phi) is 30.2. The van der Waals surface area contributed by atoms with Crippen LogP contribution in [0.15, 0.2) is 37.0 Å². The number of nitrogens with zero attached hydrogens (tertiary/aromatic N) is 4. The van der Waals surface area contributed by atoms with Crippen LogP contribution in [-0.2, 0) is 37.4 Å². The summed E-state index contributed by atoms with van der Waals surface area (Å²) in [5.41, 5.74) is 6.39. The van der Waals surface area contributed by atoms with Crippen molar-refractivity contribution in [2.45, 2.75) is 224 Å². The predicted molar refractivity (Wildman–Crippen MR) is 257 cm³/mol. The summed E-state index contributed by atoms with van der Waals surface area (Å²) >= 11 is 0. The highest BCUT2D eigenvalue weighted by atomic mass is 31.2. The largest absolute Gasteiger partial charge is 0.472 e. The average molecular weight is 950 g/mol. The molecule has 5 N–H and O–H groups in total. The summed E-state index contributed by atoms with van der Waals surface area (Å²) in [4.78, 5) is 48.3. The number of hydrogen-bond acceptors (Lipinski definition) is 14. The Hall–Kier alpha value is -3.24. The number of nitrogens with two attached hydrogens (primary N) is 1. The molecule has 0 saturated carbocycles. The van der Waals surface area contributed by atoms with Crippen molar-refractivity contribution < 1.29 is 52.5 Å². The summed E-state index contributed by atoms with van der Waals surface area (Å²) in [6.45, 7) is 2.86. The van der Waals surface area contributed by atoms with E-state index >= 15 is 0 Å². The van der Waals surface area contributed by atoms with Gasteiger partial charge in [-0.2, -0.15) is 0 Å². The summed E-state index contributed by atoms with van der Waals surface area (Å²) in [5.74, 6) is -0.885. The van der Waals surface area contributed by atoms with Gasteiger partial charge in [-0.1, -0.05) is 141 Å². The van der Waals surface area contributed by atoms with E-state index < -0.39 is 63.6 Å². The fourth-order valence-corrected chi connectivity index (χ4v) is 8.60. The van der Waals surface area contributed by atoms with E-state index in [-0.39, 0.29) is 36.4 Å². The van der Waals surface area contributed by atoms with E-state index in [0.717, 1.165) is 77.0 Å². The number of ether oxygens (including phenoxy) is 3. The lowest BCUT2D eigenvalue weighted by molar-refractivity contribution is -0.161. The van der Waals surface area contributed by atoms with Crippen LogP contribution in [0, 0.1) is 0 Å². The molecule has 16 nitrogen and oxygen atoms in total. The van der Waals surface area contributed by atoms with E-state index in [0.29, 0.717) is 12.8 Å². The van der Waals surface area contributed by atoms with Gasteiger partial charge in [-0.15, -0.1) is 0 Å². The van der Waals surface area contributed by atoms with Crippen LogP contribution in [0.4, 0.5) is 5.82 Å². The molecule has 0 aliphatic carbocycles. The Balaban J connectivity index is 1.39. The van der Waals surface area contributed by atoms with Crippen LogP contribution < -0.4 is 5.73 Å². The number of anilines is 1. The highest BCUT2D eigenvalue weighted by Gasteiger charge is 2.45. The van der Waals surface area contributed by atoms with Gasteiger partial charge in [0.1, 0.15) is 36.8 Å². The van der Waals surface area contributed by atoms with Crippen LogP contribution in [0.25, 0.3) is 11.2 Å². The van der Waals surface area contributed by atoms with Gasteiger partial charge in [0, 0.05) is 12.8 Å². The van der Waals surface area contributed by atoms with E-state index in [1.807, 2.05) is 0 Å². The Morgan fingerprint density at radius 1 is 0.697 bits per heavy atom. The maximum absolute atomic E-state index is 13.0. The Morgan fingerprint density at radius 2 is 1.20 bits per heavy atom. The van der Waals surface area contributed by atoms with E-state index in [9.17, 15) is 29.3 Å². The normalized spacial score (nSPS) is 19.0. The van der Waals surface area contributed by atoms with Gasteiger partial charge in [0.05, 0.1) is 19.5 Å². The van der Waals surface area contributed by atoms with E-state index in [2.05, 4.69) is 53.1 Å². The van der Waals surface area contributed by atoms with Crippen LogP contribution >= 0.6 is 7.82 Å². The number of phosphoric acid groups is 1. The number of nitrogen functional groups attached to an aromatic ring is 1. The Labute approximate surface area is 394 Å². The zero-order valence-electron chi connectivity index (χ0n) is 40.2. The van der Waals surface area contributed by atoms with Crippen LogP contribution in [0.2, 0.25) is 0 Å². The van der Waals surface area contributed by atoms with E-state index in [1.165, 1.54) is 94.3 Å². The van der Waals surface area contributed by atoms with Crippen LogP contribution in [-0.4, -0.2) is 90.8 Å².